The van der Waals surface area contributed by atoms with Crippen LogP contribution in [0.5, 0.6) is 11.5 Å². The van der Waals surface area contributed by atoms with Crippen LogP contribution in [0.2, 0.25) is 0 Å². The van der Waals surface area contributed by atoms with E-state index in [1.807, 2.05) is 6.07 Å². The molecule has 4 nitrogen and oxygen atoms in total. The fourth-order valence-corrected chi connectivity index (χ4v) is 2.65. The summed E-state index contributed by atoms with van der Waals surface area (Å²) in [5, 5.41) is 3.50. The van der Waals surface area contributed by atoms with E-state index in [2.05, 4.69) is 36.2 Å². The molecule has 2 aliphatic heterocycles. The maximum atomic E-state index is 5.46. The van der Waals surface area contributed by atoms with Crippen molar-refractivity contribution >= 4 is 5.69 Å². The predicted octanol–water partition coefficient (Wildman–Crippen LogP) is 1.85. The van der Waals surface area contributed by atoms with Crippen LogP contribution in [0, 0.1) is 5.92 Å². The number of hydrogen-bond donors (Lipinski definition) is 1. The van der Waals surface area contributed by atoms with Gasteiger partial charge in [0.15, 0.2) is 11.5 Å². The van der Waals surface area contributed by atoms with Gasteiger partial charge in [-0.05, 0) is 31.5 Å². The summed E-state index contributed by atoms with van der Waals surface area (Å²) in [6.07, 6.45) is 0. The number of rotatable bonds is 1. The second kappa shape index (κ2) is 4.69. The van der Waals surface area contributed by atoms with Crippen molar-refractivity contribution in [1.82, 2.24) is 5.32 Å². The van der Waals surface area contributed by atoms with Crippen LogP contribution in [-0.2, 0) is 0 Å². The Labute approximate surface area is 108 Å². The van der Waals surface area contributed by atoms with Crippen molar-refractivity contribution in [3.05, 3.63) is 18.2 Å². The molecule has 2 atom stereocenters. The number of ether oxygens (including phenoxy) is 2. The summed E-state index contributed by atoms with van der Waals surface area (Å²) in [6.45, 7) is 8.07. The van der Waals surface area contributed by atoms with E-state index in [1.165, 1.54) is 5.69 Å². The Morgan fingerprint density at radius 3 is 2.89 bits per heavy atom. The van der Waals surface area contributed by atoms with Crippen molar-refractivity contribution in [2.45, 2.75) is 19.9 Å². The predicted molar refractivity (Wildman–Crippen MR) is 71.4 cm³/mol. The maximum absolute atomic E-state index is 5.46. The lowest BCUT2D eigenvalue weighted by Gasteiger charge is -2.30. The van der Waals surface area contributed by atoms with Crippen LogP contribution in [0.25, 0.3) is 0 Å². The van der Waals surface area contributed by atoms with Crippen molar-refractivity contribution in [3.8, 4) is 11.5 Å². The van der Waals surface area contributed by atoms with Crippen LogP contribution < -0.4 is 19.7 Å². The maximum Gasteiger partial charge on any atom is 0.231 e. The Morgan fingerprint density at radius 1 is 1.17 bits per heavy atom. The highest BCUT2D eigenvalue weighted by molar-refractivity contribution is 5.57. The molecule has 3 rings (SSSR count). The van der Waals surface area contributed by atoms with Gasteiger partial charge in [-0.25, -0.2) is 0 Å². The number of anilines is 1. The summed E-state index contributed by atoms with van der Waals surface area (Å²) in [7, 11) is 0. The number of hydrogen-bond acceptors (Lipinski definition) is 4. The van der Waals surface area contributed by atoms with E-state index in [4.69, 9.17) is 9.47 Å². The summed E-state index contributed by atoms with van der Waals surface area (Å²) >= 11 is 0. The van der Waals surface area contributed by atoms with Crippen LogP contribution >= 0.6 is 0 Å². The molecule has 2 aliphatic rings. The van der Waals surface area contributed by atoms with Gasteiger partial charge in [0.1, 0.15) is 0 Å². The normalized spacial score (nSPS) is 27.1. The Kier molecular flexibility index (Phi) is 3.04. The summed E-state index contributed by atoms with van der Waals surface area (Å²) in [6, 6.07) is 6.72. The summed E-state index contributed by atoms with van der Waals surface area (Å²) < 4.78 is 10.8. The second-order valence-electron chi connectivity index (χ2n) is 5.30. The van der Waals surface area contributed by atoms with E-state index in [1.54, 1.807) is 0 Å². The zero-order chi connectivity index (χ0) is 12.5. The van der Waals surface area contributed by atoms with Gasteiger partial charge in [0.05, 0.1) is 0 Å². The molecule has 1 fully saturated rings. The molecule has 1 N–H and O–H groups in total. The van der Waals surface area contributed by atoms with Crippen molar-refractivity contribution in [2.75, 3.05) is 31.3 Å². The third-order valence-corrected chi connectivity index (χ3v) is 3.66. The van der Waals surface area contributed by atoms with Gasteiger partial charge in [-0.1, -0.05) is 6.92 Å². The number of nitrogens with one attached hydrogen (secondary N) is 1. The van der Waals surface area contributed by atoms with Crippen molar-refractivity contribution in [3.63, 3.8) is 0 Å². The highest BCUT2D eigenvalue weighted by atomic mass is 16.7. The fourth-order valence-electron chi connectivity index (χ4n) is 2.65. The van der Waals surface area contributed by atoms with E-state index < -0.39 is 0 Å². The second-order valence-corrected chi connectivity index (χ2v) is 5.30. The van der Waals surface area contributed by atoms with E-state index >= 15 is 0 Å². The molecule has 4 heteroatoms. The Balaban J connectivity index is 1.87. The lowest BCUT2D eigenvalue weighted by Crippen LogP contribution is -2.37. The zero-order valence-corrected chi connectivity index (χ0v) is 11.0. The molecule has 2 heterocycles. The minimum absolute atomic E-state index is 0.340. The van der Waals surface area contributed by atoms with Crippen LogP contribution in [-0.4, -0.2) is 32.5 Å². The molecular formula is C14H20N2O2. The molecule has 0 aromatic heterocycles. The standard InChI is InChI=1S/C14H20N2O2/c1-10-6-15-7-11(2)16(8-10)12-3-4-13-14(5-12)18-9-17-13/h3-5,10-11,15H,6-9H2,1-2H3. The van der Waals surface area contributed by atoms with Gasteiger partial charge in [-0.15, -0.1) is 0 Å². The van der Waals surface area contributed by atoms with Crippen molar-refractivity contribution < 1.29 is 9.47 Å². The third-order valence-electron chi connectivity index (χ3n) is 3.66. The molecule has 0 amide bonds. The monoisotopic (exact) mass is 248 g/mol. The molecular weight excluding hydrogens is 228 g/mol. The Bertz CT molecular complexity index is 436. The van der Waals surface area contributed by atoms with E-state index in [0.717, 1.165) is 31.1 Å². The van der Waals surface area contributed by atoms with Gasteiger partial charge in [0.2, 0.25) is 6.79 Å². The van der Waals surface area contributed by atoms with Crippen LogP contribution in [0.3, 0.4) is 0 Å². The average Bonchev–Trinajstić information content (AvgIpc) is 2.76. The number of benzene rings is 1. The first kappa shape index (κ1) is 11.7. The molecule has 0 aliphatic carbocycles. The molecule has 1 aromatic rings. The molecule has 2 unspecified atom stereocenters. The lowest BCUT2D eigenvalue weighted by molar-refractivity contribution is 0.174. The Morgan fingerprint density at radius 2 is 2.00 bits per heavy atom. The highest BCUT2D eigenvalue weighted by Crippen LogP contribution is 2.36. The van der Waals surface area contributed by atoms with Crippen molar-refractivity contribution in [2.24, 2.45) is 5.92 Å². The van der Waals surface area contributed by atoms with Gasteiger partial charge >= 0.3 is 0 Å². The smallest absolute Gasteiger partial charge is 0.231 e. The third kappa shape index (κ3) is 2.12. The number of nitrogens with zero attached hydrogens (tertiary/aromatic N) is 1. The van der Waals surface area contributed by atoms with Gasteiger partial charge in [0, 0.05) is 30.9 Å². The molecule has 1 saturated heterocycles. The van der Waals surface area contributed by atoms with Crippen LogP contribution in [0.15, 0.2) is 18.2 Å². The molecule has 0 bridgehead atoms. The molecule has 18 heavy (non-hydrogen) atoms. The van der Waals surface area contributed by atoms with E-state index in [9.17, 15) is 0 Å². The highest BCUT2D eigenvalue weighted by Gasteiger charge is 2.23. The fraction of sp³-hybridized carbons (Fsp3) is 0.571. The molecule has 1 aromatic carbocycles. The molecule has 0 radical (unpaired) electrons. The van der Waals surface area contributed by atoms with Crippen molar-refractivity contribution in [1.29, 1.82) is 0 Å². The quantitative estimate of drug-likeness (QED) is 0.822. The largest absolute Gasteiger partial charge is 0.454 e. The first-order valence-corrected chi connectivity index (χ1v) is 6.61. The van der Waals surface area contributed by atoms with Gasteiger partial charge in [-0.3, -0.25) is 0 Å². The summed E-state index contributed by atoms with van der Waals surface area (Å²) in [5.41, 5.74) is 1.22. The average molecular weight is 248 g/mol. The first-order chi connectivity index (χ1) is 8.74. The van der Waals surface area contributed by atoms with Crippen LogP contribution in [0.1, 0.15) is 13.8 Å². The summed E-state index contributed by atoms with van der Waals surface area (Å²) in [4.78, 5) is 2.45. The minimum atomic E-state index is 0.340. The first-order valence-electron chi connectivity index (χ1n) is 6.61. The molecule has 98 valence electrons. The topological polar surface area (TPSA) is 33.7 Å². The van der Waals surface area contributed by atoms with E-state index in [-0.39, 0.29) is 0 Å². The lowest BCUT2D eigenvalue weighted by atomic mass is 10.1. The SMILES string of the molecule is CC1CNCC(C)N(c2ccc3c(c2)OCO3)C1. The zero-order valence-electron chi connectivity index (χ0n) is 11.0. The molecule has 0 spiro atoms. The Hall–Kier alpha value is -1.42. The van der Waals surface area contributed by atoms with Gasteiger partial charge in [0.25, 0.3) is 0 Å². The summed E-state index contributed by atoms with van der Waals surface area (Å²) in [5.74, 6) is 2.37. The number of fused-ring (bicyclic) bond motifs is 1. The minimum Gasteiger partial charge on any atom is -0.454 e. The van der Waals surface area contributed by atoms with Crippen LogP contribution in [0.4, 0.5) is 5.69 Å². The molecule has 0 saturated carbocycles. The van der Waals surface area contributed by atoms with E-state index in [0.29, 0.717) is 18.8 Å². The van der Waals surface area contributed by atoms with Gasteiger partial charge in [-0.2, -0.15) is 0 Å². The van der Waals surface area contributed by atoms with Gasteiger partial charge < -0.3 is 19.7 Å².